The number of amides is 1. The first-order chi connectivity index (χ1) is 22.1. The average molecular weight is 793 g/mol. The number of hydrogen-bond acceptors (Lipinski definition) is 20. The molecule has 49 heavy (non-hydrogen) atoms. The van der Waals surface area contributed by atoms with Crippen LogP contribution in [0.3, 0.4) is 0 Å². The zero-order chi connectivity index (χ0) is 34.5. The molecule has 11 atom stereocenters. The summed E-state index contributed by atoms with van der Waals surface area (Å²) in [7, 11) is -9.76. The molecule has 11 unspecified atom stereocenters. The minimum absolute atomic E-state index is 0. The van der Waals surface area contributed by atoms with Crippen molar-refractivity contribution in [1.29, 1.82) is 0 Å². The molecule has 27 heteroatoms. The summed E-state index contributed by atoms with van der Waals surface area (Å²) in [6, 6.07) is 4.16. The Kier molecular flexibility index (Phi) is 18.3. The van der Waals surface area contributed by atoms with E-state index in [1.54, 1.807) is 18.2 Å². The van der Waals surface area contributed by atoms with Gasteiger partial charge in [0.1, 0.15) is 47.7 Å². The summed E-state index contributed by atoms with van der Waals surface area (Å²) in [5.41, 5.74) is -1.80. The number of H-pyrrole nitrogens is 1. The monoisotopic (exact) mass is 792 g/mol. The number of rotatable bonds is 14. The number of phosphoric ester groups is 2. The second-order valence-corrected chi connectivity index (χ2v) is 15.0. The van der Waals surface area contributed by atoms with Gasteiger partial charge in [-0.3, -0.25) is 32.8 Å². The van der Waals surface area contributed by atoms with Gasteiger partial charge in [-0.2, -0.15) is 0 Å². The van der Waals surface area contributed by atoms with Crippen LogP contribution in [0, 0.1) is 0 Å². The van der Waals surface area contributed by atoms with E-state index in [9.17, 15) is 58.8 Å². The van der Waals surface area contributed by atoms with Crippen molar-refractivity contribution >= 4 is 43.1 Å². The van der Waals surface area contributed by atoms with Crippen LogP contribution in [-0.4, -0.2) is 114 Å². The second-order valence-electron chi connectivity index (χ2n) is 9.75. The Morgan fingerprint density at radius 1 is 1.02 bits per heavy atom. The van der Waals surface area contributed by atoms with Gasteiger partial charge in [0, 0.05) is 18.5 Å². The van der Waals surface area contributed by atoms with Crippen LogP contribution in [0.5, 0.6) is 0 Å². The zero-order valence-electron chi connectivity index (χ0n) is 25.5. The van der Waals surface area contributed by atoms with Gasteiger partial charge in [-0.25, -0.2) is 14.1 Å². The van der Waals surface area contributed by atoms with Crippen LogP contribution in [0.15, 0.2) is 51.3 Å². The van der Waals surface area contributed by atoms with Gasteiger partial charge in [0.15, 0.2) is 12.5 Å². The van der Waals surface area contributed by atoms with Gasteiger partial charge < -0.3 is 54.6 Å². The van der Waals surface area contributed by atoms with Crippen LogP contribution in [0.25, 0.3) is 0 Å². The number of nitrogens with zero attached hydrogens (tertiary/aromatic N) is 2. The van der Waals surface area contributed by atoms with E-state index in [2.05, 4.69) is 23.7 Å². The third-order valence-electron chi connectivity index (χ3n) is 6.47. The fraction of sp³-hybridized carbons (Fsp3) is 0.545. The van der Waals surface area contributed by atoms with Gasteiger partial charge in [-0.15, -0.1) is 0 Å². The van der Waals surface area contributed by atoms with Gasteiger partial charge in [0.05, 0.1) is 19.0 Å². The third kappa shape index (κ3) is 12.5. The molecule has 2 fully saturated rings. The van der Waals surface area contributed by atoms with Crippen molar-refractivity contribution in [2.24, 2.45) is 0 Å². The Morgan fingerprint density at radius 2 is 1.71 bits per heavy atom. The van der Waals surface area contributed by atoms with Crippen molar-refractivity contribution in [2.45, 2.75) is 60.2 Å². The smallest absolute Gasteiger partial charge is 0.756 e. The van der Waals surface area contributed by atoms with E-state index in [1.807, 2.05) is 4.98 Å². The molecule has 21 nitrogen and oxygen atoms in total. The number of hydrogen-bond donors (Lipinski definition) is 7. The molecular weight excluding hydrogens is 764 g/mol. The Morgan fingerprint density at radius 3 is 2.35 bits per heavy atom. The zero-order valence-corrected chi connectivity index (χ0v) is 32.9. The molecule has 0 aromatic carbocycles. The maximum atomic E-state index is 12.6. The standard InChI is InChI=1S/C22H30N4O17P2S2.2Na/c27-7-10-16(30)18(32)15(24-13(29)9-46-47-14-3-1-2-5-23-14)21(41-10)42-45(37,38)43-44(35,36)39-8-11-17(31)19(33)20(40-11)26-6-4-12(28)25-22(26)34;;/h1-6,10-11,15-21,27,30-33H,7-9H2,(H,24,29)(H,35,36)(H,37,38)(H,25,28,34);;/q;2*+1/p-2. The molecule has 2 aliphatic heterocycles. The molecule has 0 spiro atoms. The maximum absolute atomic E-state index is 12.6. The fourth-order valence-electron chi connectivity index (χ4n) is 4.27. The number of carbonyl (C=O) groups is 1. The molecule has 0 radical (unpaired) electrons. The third-order valence-corrected chi connectivity index (χ3v) is 11.1. The van der Waals surface area contributed by atoms with E-state index in [0.29, 0.717) is 9.59 Å². The first kappa shape index (κ1) is 45.1. The van der Waals surface area contributed by atoms with Gasteiger partial charge in [0.2, 0.25) is 5.91 Å². The molecule has 0 aliphatic carbocycles. The van der Waals surface area contributed by atoms with E-state index in [-0.39, 0.29) is 64.9 Å². The van der Waals surface area contributed by atoms with Crippen molar-refractivity contribution in [3.05, 3.63) is 57.5 Å². The SMILES string of the molecule is O=C(CSSc1ccccn1)NC1C(OP(=O)([O-])OP(=O)([O-])OCC2OC(n3ccc(=O)[nH]c3=O)C(O)C2O)OC(CO)C(O)C1O.[Na+].[Na+]. The topological polar surface area (TPSA) is 324 Å². The Balaban J connectivity index is 0.00000417. The fourth-order valence-corrected chi connectivity index (χ4v) is 8.13. The van der Waals surface area contributed by atoms with E-state index in [0.717, 1.165) is 33.9 Å². The summed E-state index contributed by atoms with van der Waals surface area (Å²) < 4.78 is 49.3. The van der Waals surface area contributed by atoms with Crippen LogP contribution in [-0.2, 0) is 36.8 Å². The number of nitrogens with one attached hydrogen (secondary N) is 2. The maximum Gasteiger partial charge on any atom is 1.00 e. The van der Waals surface area contributed by atoms with Crippen molar-refractivity contribution in [3.63, 3.8) is 0 Å². The predicted octanol–water partition coefficient (Wildman–Crippen LogP) is -10.1. The van der Waals surface area contributed by atoms with Gasteiger partial charge in [0.25, 0.3) is 21.2 Å². The Hall–Kier alpha value is -0.0200. The quantitative estimate of drug-likeness (QED) is 0.0530. The van der Waals surface area contributed by atoms with Gasteiger partial charge in [-0.1, -0.05) is 16.9 Å². The number of pyridine rings is 1. The van der Waals surface area contributed by atoms with Gasteiger partial charge in [-0.05, 0) is 22.9 Å². The number of aliphatic hydroxyl groups excluding tert-OH is 5. The number of ether oxygens (including phenoxy) is 2. The van der Waals surface area contributed by atoms with E-state index < -0.39 is 101 Å². The van der Waals surface area contributed by atoms with E-state index >= 15 is 0 Å². The second kappa shape index (κ2) is 19.9. The van der Waals surface area contributed by atoms with Crippen LogP contribution >= 0.6 is 37.2 Å². The number of aromatic amines is 1. The molecule has 2 aliphatic rings. The minimum atomic E-state index is -6.02. The Bertz CT molecular complexity index is 1600. The largest absolute Gasteiger partial charge is 1.00 e. The Labute approximate surface area is 328 Å². The normalized spacial score (nSPS) is 30.6. The first-order valence-electron chi connectivity index (χ1n) is 13.2. The van der Waals surface area contributed by atoms with Crippen molar-refractivity contribution in [3.8, 4) is 0 Å². The molecule has 2 aromatic heterocycles. The van der Waals surface area contributed by atoms with E-state index in [1.165, 1.54) is 6.20 Å². The molecule has 4 heterocycles. The van der Waals surface area contributed by atoms with E-state index in [4.69, 9.17) is 9.47 Å². The molecule has 0 saturated carbocycles. The molecular formula is C22H28N4Na2O17P2S2. The summed E-state index contributed by atoms with van der Waals surface area (Å²) >= 11 is 0. The summed E-state index contributed by atoms with van der Waals surface area (Å²) in [5.74, 6) is -1.07. The molecule has 2 saturated heterocycles. The average Bonchev–Trinajstić information content (AvgIpc) is 3.28. The first-order valence-corrected chi connectivity index (χ1v) is 18.5. The van der Waals surface area contributed by atoms with Crippen LogP contribution < -0.4 is 85.5 Å². The molecule has 4 rings (SSSR count). The predicted molar refractivity (Wildman–Crippen MR) is 153 cm³/mol. The number of aliphatic hydroxyl groups is 5. The minimum Gasteiger partial charge on any atom is -0.756 e. The number of aromatic nitrogens is 3. The molecule has 0 bridgehead atoms. The summed E-state index contributed by atoms with van der Waals surface area (Å²) in [6.07, 6.45) is -12.2. The summed E-state index contributed by atoms with van der Waals surface area (Å²) in [6.45, 7) is -2.10. The molecule has 262 valence electrons. The summed E-state index contributed by atoms with van der Waals surface area (Å²) in [4.78, 5) is 66.8. The van der Waals surface area contributed by atoms with Crippen LogP contribution in [0.4, 0.5) is 0 Å². The van der Waals surface area contributed by atoms with Crippen molar-refractivity contribution in [1.82, 2.24) is 19.9 Å². The van der Waals surface area contributed by atoms with Gasteiger partial charge >= 0.3 is 64.8 Å². The number of carbonyl (C=O) groups excluding carboxylic acids is 1. The molecule has 1 amide bonds. The molecule has 7 N–H and O–H groups in total. The summed E-state index contributed by atoms with van der Waals surface area (Å²) in [5, 5.41) is 53.6. The molecule has 2 aromatic rings. The van der Waals surface area contributed by atoms with Crippen LogP contribution in [0.1, 0.15) is 6.23 Å². The van der Waals surface area contributed by atoms with Crippen molar-refractivity contribution < 1.29 is 131 Å². The van der Waals surface area contributed by atoms with Crippen molar-refractivity contribution in [2.75, 3.05) is 19.0 Å². The number of phosphoric acid groups is 2. The van der Waals surface area contributed by atoms with Crippen LogP contribution in [0.2, 0.25) is 0 Å².